The third-order valence-electron chi connectivity index (χ3n) is 4.40. The predicted molar refractivity (Wildman–Crippen MR) is 79.8 cm³/mol. The van der Waals surface area contributed by atoms with Gasteiger partial charge < -0.3 is 22.8 Å². The fourth-order valence-electron chi connectivity index (χ4n) is 3.00. The first-order chi connectivity index (χ1) is 9.64. The smallest absolute Gasteiger partial charge is 0.381 e. The van der Waals surface area contributed by atoms with Crippen LogP contribution in [0.5, 0.6) is 0 Å². The van der Waals surface area contributed by atoms with Crippen LogP contribution in [-0.4, -0.2) is 56.6 Å². The molecule has 1 atom stereocenters. The summed E-state index contributed by atoms with van der Waals surface area (Å²) in [4.78, 5) is 0. The Morgan fingerprint density at radius 1 is 1.05 bits per heavy atom. The molecule has 1 heterocycles. The molecule has 0 saturated carbocycles. The van der Waals surface area contributed by atoms with Crippen molar-refractivity contribution in [2.75, 3.05) is 47.8 Å². The predicted octanol–water partition coefficient (Wildman–Crippen LogP) is 2.48. The molecule has 0 aromatic rings. The first-order valence-electron chi connectivity index (χ1n) is 7.45. The van der Waals surface area contributed by atoms with Crippen LogP contribution in [0, 0.1) is 5.41 Å². The van der Waals surface area contributed by atoms with Gasteiger partial charge >= 0.3 is 8.80 Å². The second kappa shape index (κ2) is 8.46. The Hall–Kier alpha value is 0.0169. The van der Waals surface area contributed by atoms with Crippen LogP contribution in [0.15, 0.2) is 0 Å². The van der Waals surface area contributed by atoms with Crippen molar-refractivity contribution in [3.05, 3.63) is 0 Å². The molecule has 1 aliphatic rings. The van der Waals surface area contributed by atoms with Gasteiger partial charge in [0, 0.05) is 45.5 Å². The van der Waals surface area contributed by atoms with E-state index in [1.54, 1.807) is 21.3 Å². The maximum absolute atomic E-state index is 5.72. The van der Waals surface area contributed by atoms with E-state index in [0.717, 1.165) is 39.1 Å². The lowest BCUT2D eigenvalue weighted by molar-refractivity contribution is -0.133. The van der Waals surface area contributed by atoms with Crippen molar-refractivity contribution in [2.24, 2.45) is 5.41 Å². The Balaban J connectivity index is 2.82. The zero-order valence-electron chi connectivity index (χ0n) is 13.6. The van der Waals surface area contributed by atoms with E-state index in [2.05, 4.69) is 13.8 Å². The van der Waals surface area contributed by atoms with E-state index in [0.29, 0.717) is 6.61 Å². The molecule has 120 valence electrons. The highest BCUT2D eigenvalue weighted by molar-refractivity contribution is 6.62. The Morgan fingerprint density at radius 3 is 2.00 bits per heavy atom. The lowest BCUT2D eigenvalue weighted by atomic mass is 9.78. The quantitative estimate of drug-likeness (QED) is 0.433. The molecule has 0 spiro atoms. The Kier molecular flexibility index (Phi) is 7.64. The van der Waals surface area contributed by atoms with Gasteiger partial charge in [-0.15, -0.1) is 0 Å². The summed E-state index contributed by atoms with van der Waals surface area (Å²) in [6.45, 7) is 7.33. The molecular weight excluding hydrogens is 276 g/mol. The molecule has 0 radical (unpaired) electrons. The van der Waals surface area contributed by atoms with Crippen molar-refractivity contribution >= 4 is 8.80 Å². The lowest BCUT2D eigenvalue weighted by Gasteiger charge is -2.50. The van der Waals surface area contributed by atoms with E-state index in [1.807, 2.05) is 0 Å². The number of ether oxygens (including phenoxy) is 2. The van der Waals surface area contributed by atoms with Crippen LogP contribution in [0.4, 0.5) is 0 Å². The van der Waals surface area contributed by atoms with Gasteiger partial charge in [-0.25, -0.2) is 0 Å². The van der Waals surface area contributed by atoms with Gasteiger partial charge in [-0.3, -0.25) is 0 Å². The van der Waals surface area contributed by atoms with Gasteiger partial charge in [-0.05, 0) is 19.3 Å². The molecule has 0 N–H and O–H groups in total. The van der Waals surface area contributed by atoms with E-state index in [9.17, 15) is 0 Å². The molecule has 1 rings (SSSR count). The number of hydrogen-bond donors (Lipinski definition) is 0. The van der Waals surface area contributed by atoms with Crippen molar-refractivity contribution in [1.82, 2.24) is 0 Å². The third-order valence-corrected chi connectivity index (χ3v) is 7.86. The van der Waals surface area contributed by atoms with Crippen molar-refractivity contribution in [2.45, 2.75) is 38.7 Å². The fourth-order valence-corrected chi connectivity index (χ4v) is 5.94. The molecule has 1 aliphatic heterocycles. The summed E-state index contributed by atoms with van der Waals surface area (Å²) in [6.07, 6.45) is 2.96. The Bertz CT molecular complexity index is 253. The van der Waals surface area contributed by atoms with Crippen molar-refractivity contribution < 1.29 is 22.8 Å². The van der Waals surface area contributed by atoms with Crippen molar-refractivity contribution in [3.8, 4) is 0 Å². The topological polar surface area (TPSA) is 46.2 Å². The summed E-state index contributed by atoms with van der Waals surface area (Å²) in [5, 5.41) is 0. The van der Waals surface area contributed by atoms with Gasteiger partial charge in [-0.1, -0.05) is 13.8 Å². The van der Waals surface area contributed by atoms with Crippen LogP contribution < -0.4 is 0 Å². The van der Waals surface area contributed by atoms with Gasteiger partial charge in [0.05, 0.1) is 13.2 Å². The van der Waals surface area contributed by atoms with Gasteiger partial charge in [0.1, 0.15) is 0 Å². The highest BCUT2D eigenvalue weighted by atomic mass is 28.4. The molecule has 1 unspecified atom stereocenters. The van der Waals surface area contributed by atoms with Crippen LogP contribution in [0.1, 0.15) is 33.1 Å². The van der Waals surface area contributed by atoms with Gasteiger partial charge in [0.15, 0.2) is 0 Å². The third kappa shape index (κ3) is 3.61. The molecule has 0 aliphatic carbocycles. The van der Waals surface area contributed by atoms with E-state index >= 15 is 0 Å². The standard InChI is InChI=1S/C14H30O5Si/c1-6-9-18-10-8-13(14(7-2)11-19-12-14)20(15-3,16-4)17-5/h13H,6-12H2,1-5H3. The maximum atomic E-state index is 5.72. The van der Waals surface area contributed by atoms with Gasteiger partial charge in [0.2, 0.25) is 0 Å². The van der Waals surface area contributed by atoms with E-state index in [1.165, 1.54) is 0 Å². The Labute approximate surface area is 124 Å². The van der Waals surface area contributed by atoms with Gasteiger partial charge in [-0.2, -0.15) is 0 Å². The van der Waals surface area contributed by atoms with Crippen LogP contribution in [0.3, 0.4) is 0 Å². The minimum absolute atomic E-state index is 0.101. The minimum atomic E-state index is -2.69. The lowest BCUT2D eigenvalue weighted by Crippen LogP contribution is -2.59. The summed E-state index contributed by atoms with van der Waals surface area (Å²) in [5.41, 5.74) is 0.315. The molecule has 6 heteroatoms. The van der Waals surface area contributed by atoms with Crippen LogP contribution >= 0.6 is 0 Å². The molecule has 0 aromatic heterocycles. The monoisotopic (exact) mass is 306 g/mol. The second-order valence-corrected chi connectivity index (χ2v) is 8.51. The molecule has 1 saturated heterocycles. The van der Waals surface area contributed by atoms with Gasteiger partial charge in [0.25, 0.3) is 0 Å². The molecule has 0 aromatic carbocycles. The molecule has 1 fully saturated rings. The molecule has 0 bridgehead atoms. The van der Waals surface area contributed by atoms with Crippen LogP contribution in [0.2, 0.25) is 5.54 Å². The largest absolute Gasteiger partial charge is 0.504 e. The van der Waals surface area contributed by atoms with Crippen molar-refractivity contribution in [1.29, 1.82) is 0 Å². The first kappa shape index (κ1) is 18.1. The average Bonchev–Trinajstić information content (AvgIpc) is 2.44. The molecule has 5 nitrogen and oxygen atoms in total. The number of rotatable bonds is 11. The van der Waals surface area contributed by atoms with Crippen molar-refractivity contribution in [3.63, 3.8) is 0 Å². The zero-order valence-corrected chi connectivity index (χ0v) is 14.6. The fraction of sp³-hybridized carbons (Fsp3) is 1.00. The normalized spacial score (nSPS) is 19.6. The zero-order chi connectivity index (χ0) is 15.1. The van der Waals surface area contributed by atoms with E-state index < -0.39 is 8.80 Å². The SMILES string of the molecule is CCCOCCC(C1(CC)COC1)[Si](OC)(OC)OC. The van der Waals surface area contributed by atoms with Crippen LogP contribution in [0.25, 0.3) is 0 Å². The maximum Gasteiger partial charge on any atom is 0.504 e. The summed E-state index contributed by atoms with van der Waals surface area (Å²) in [5.74, 6) is 0. The molecule has 0 amide bonds. The molecule has 20 heavy (non-hydrogen) atoms. The average molecular weight is 306 g/mol. The Morgan fingerprint density at radius 2 is 1.65 bits per heavy atom. The van der Waals surface area contributed by atoms with E-state index in [4.69, 9.17) is 22.8 Å². The highest BCUT2D eigenvalue weighted by Crippen LogP contribution is 2.50. The minimum Gasteiger partial charge on any atom is -0.381 e. The summed E-state index contributed by atoms with van der Waals surface area (Å²) in [7, 11) is 2.35. The van der Waals surface area contributed by atoms with Crippen LogP contribution in [-0.2, 0) is 22.8 Å². The first-order valence-corrected chi connectivity index (χ1v) is 9.25. The highest BCUT2D eigenvalue weighted by Gasteiger charge is 2.59. The second-order valence-electron chi connectivity index (χ2n) is 5.38. The molecular formula is C14H30O5Si. The van der Waals surface area contributed by atoms with E-state index in [-0.39, 0.29) is 11.0 Å². The number of hydrogen-bond acceptors (Lipinski definition) is 5. The summed E-state index contributed by atoms with van der Waals surface area (Å²) in [6, 6.07) is 0. The summed E-state index contributed by atoms with van der Waals surface area (Å²) < 4.78 is 28.3. The summed E-state index contributed by atoms with van der Waals surface area (Å²) >= 11 is 0.